The van der Waals surface area contributed by atoms with Crippen LogP contribution in [0.5, 0.6) is 0 Å². The summed E-state index contributed by atoms with van der Waals surface area (Å²) < 4.78 is 0. The number of nitrogens with zero attached hydrogens (tertiary/aromatic N) is 3. The van der Waals surface area contributed by atoms with E-state index in [1.54, 1.807) is 0 Å². The Labute approximate surface area is 223 Å². The predicted octanol–water partition coefficient (Wildman–Crippen LogP) is 7.61. The molecule has 174 valence electrons. The number of rotatable bonds is 4. The molecule has 5 rings (SSSR count). The van der Waals surface area contributed by atoms with Gasteiger partial charge in [0.25, 0.3) is 0 Å². The molecule has 34 heavy (non-hydrogen) atoms. The fourth-order valence-corrected chi connectivity index (χ4v) is 2.86. The van der Waals surface area contributed by atoms with Crippen molar-refractivity contribution in [2.45, 2.75) is 13.8 Å². The van der Waals surface area contributed by atoms with E-state index >= 15 is 0 Å². The topological polar surface area (TPSA) is 37.6 Å². The van der Waals surface area contributed by atoms with E-state index in [0.29, 0.717) is 0 Å². The van der Waals surface area contributed by atoms with Gasteiger partial charge in [-0.1, -0.05) is 17.4 Å². The summed E-state index contributed by atoms with van der Waals surface area (Å²) in [4.78, 5) is 13.8. The maximum Gasteiger partial charge on any atom is 2.00 e. The van der Waals surface area contributed by atoms with Gasteiger partial charge in [0.1, 0.15) is 0 Å². The van der Waals surface area contributed by atoms with Gasteiger partial charge in [0.15, 0.2) is 0 Å². The molecule has 0 aliphatic carbocycles. The van der Waals surface area contributed by atoms with Gasteiger partial charge >= 0.3 is 34.1 Å². The molecule has 3 nitrogen and oxygen atoms in total. The van der Waals surface area contributed by atoms with E-state index < -0.39 is 0 Å². The van der Waals surface area contributed by atoms with Crippen LogP contribution in [-0.4, -0.2) is 16.4 Å². The van der Waals surface area contributed by atoms with E-state index in [9.17, 15) is 0 Å². The third kappa shape index (κ3) is 10.2. The summed E-state index contributed by atoms with van der Waals surface area (Å²) in [6, 6.07) is 41.8. The number of hydrogen-bond donors (Lipinski definition) is 0. The fourth-order valence-electron chi connectivity index (χ4n) is 2.86. The molecule has 0 spiro atoms. The van der Waals surface area contributed by atoms with Gasteiger partial charge in [-0.25, -0.2) is 41.4 Å². The summed E-state index contributed by atoms with van der Waals surface area (Å²) in [6.07, 6.45) is 0. The van der Waals surface area contributed by atoms with Crippen LogP contribution in [0, 0.1) is 0 Å². The molecule has 0 fully saturated rings. The smallest absolute Gasteiger partial charge is 0.279 e. The molecule has 0 saturated carbocycles. The van der Waals surface area contributed by atoms with Crippen LogP contribution in [0.4, 0.5) is 11.4 Å². The first-order valence-corrected chi connectivity index (χ1v) is 10.6. The van der Waals surface area contributed by atoms with E-state index in [1.165, 1.54) is 0 Å². The Kier molecular flexibility index (Phi) is 14.1. The second kappa shape index (κ2) is 16.5. The third-order valence-electron chi connectivity index (χ3n) is 4.49. The van der Waals surface area contributed by atoms with Crippen LogP contribution in [0.1, 0.15) is 25.2 Å². The van der Waals surface area contributed by atoms with Crippen molar-refractivity contribution >= 4 is 22.8 Å². The summed E-state index contributed by atoms with van der Waals surface area (Å²) in [5.41, 5.74) is 5.44. The maximum absolute atomic E-state index is 4.67. The largest absolute Gasteiger partial charge is 2.00 e. The van der Waals surface area contributed by atoms with Crippen molar-refractivity contribution in [3.8, 4) is 0 Å². The molecule has 1 heterocycles. The summed E-state index contributed by atoms with van der Waals surface area (Å²) >= 11 is 0. The van der Waals surface area contributed by atoms with Crippen LogP contribution >= 0.6 is 0 Å². The van der Waals surface area contributed by atoms with Gasteiger partial charge in [-0.3, -0.25) is 9.98 Å². The molecule has 0 aliphatic rings. The molecule has 5 aromatic rings. The third-order valence-corrected chi connectivity index (χ3v) is 4.49. The summed E-state index contributed by atoms with van der Waals surface area (Å²) in [5.74, 6) is 0. The zero-order valence-corrected chi connectivity index (χ0v) is 21.4. The molecule has 1 aromatic heterocycles. The first-order chi connectivity index (χ1) is 15.7. The molecule has 5 heteroatoms. The van der Waals surface area contributed by atoms with Crippen LogP contribution in [0.2, 0.25) is 0 Å². The van der Waals surface area contributed by atoms with Crippen molar-refractivity contribution in [1.82, 2.24) is 4.98 Å². The SMILES string of the molecule is CC(=Nc1ccc[cH-]1)c1cccc(C(C)=Nc2ccc[cH-]2)n1.[Fe+2].[Fe+2].c1cc[cH-]c1.c1cc[cH-]c1. The Balaban J connectivity index is 0.000000399. The van der Waals surface area contributed by atoms with Gasteiger partial charge in [0.05, 0.1) is 22.8 Å². The van der Waals surface area contributed by atoms with Crippen molar-refractivity contribution in [3.63, 3.8) is 0 Å². The monoisotopic (exact) mass is 529 g/mol. The molecule has 0 atom stereocenters. The zero-order chi connectivity index (χ0) is 22.4. The van der Waals surface area contributed by atoms with Crippen LogP contribution in [-0.2, 0) is 34.1 Å². The molecule has 4 aromatic carbocycles. The quantitative estimate of drug-likeness (QED) is 0.134. The average molecular weight is 529 g/mol. The molecular weight excluding hydrogens is 502 g/mol. The summed E-state index contributed by atoms with van der Waals surface area (Å²) in [5, 5.41) is 0. The summed E-state index contributed by atoms with van der Waals surface area (Å²) in [7, 11) is 0. The minimum absolute atomic E-state index is 0. The standard InChI is InChI=1S/C19H17N3.2C5H5.2Fe/c1-14(20-16-8-3-4-9-16)18-12-7-13-19(22-18)15(2)21-17-10-5-6-11-17;2*1-2-4-5-3-1;;/h3-13H,1-2H3;2*1-5H;;/q-2;2*-1;2*+2. The van der Waals surface area contributed by atoms with Crippen LogP contribution in [0.3, 0.4) is 0 Å². The van der Waals surface area contributed by atoms with E-state index in [1.807, 2.05) is 141 Å². The van der Waals surface area contributed by atoms with Gasteiger partial charge in [-0.05, 0) is 26.0 Å². The molecular formula is C29H27Fe2N3. The van der Waals surface area contributed by atoms with Crippen LogP contribution in [0.15, 0.2) is 137 Å². The van der Waals surface area contributed by atoms with Gasteiger partial charge in [-0.2, -0.15) is 60.7 Å². The Morgan fingerprint density at radius 1 is 0.559 bits per heavy atom. The molecule has 0 radical (unpaired) electrons. The predicted molar refractivity (Wildman–Crippen MR) is 136 cm³/mol. The second-order valence-electron chi connectivity index (χ2n) is 7.01. The van der Waals surface area contributed by atoms with Gasteiger partial charge in [-0.15, -0.1) is 12.1 Å². The molecule has 0 aliphatic heterocycles. The minimum Gasteiger partial charge on any atom is -0.279 e. The first-order valence-electron chi connectivity index (χ1n) is 10.6. The molecule has 0 unspecified atom stereocenters. The van der Waals surface area contributed by atoms with Crippen molar-refractivity contribution in [2.75, 3.05) is 0 Å². The van der Waals surface area contributed by atoms with E-state index in [-0.39, 0.29) is 34.1 Å². The van der Waals surface area contributed by atoms with Gasteiger partial charge in [0, 0.05) is 0 Å². The number of aromatic nitrogens is 1. The minimum atomic E-state index is 0. The van der Waals surface area contributed by atoms with Crippen molar-refractivity contribution < 1.29 is 34.1 Å². The van der Waals surface area contributed by atoms with Gasteiger partial charge < -0.3 is 0 Å². The number of hydrogen-bond acceptors (Lipinski definition) is 3. The normalized spacial score (nSPS) is 10.5. The maximum atomic E-state index is 4.67. The Morgan fingerprint density at radius 2 is 0.971 bits per heavy atom. The van der Waals surface area contributed by atoms with E-state index in [4.69, 9.17) is 0 Å². The second-order valence-corrected chi connectivity index (χ2v) is 7.01. The fraction of sp³-hybridized carbons (Fsp3) is 0.0690. The van der Waals surface area contributed by atoms with E-state index in [0.717, 1.165) is 34.2 Å². The van der Waals surface area contributed by atoms with Crippen LogP contribution < -0.4 is 0 Å². The Morgan fingerprint density at radius 3 is 1.26 bits per heavy atom. The Hall–Kier alpha value is -3.07. The van der Waals surface area contributed by atoms with Crippen LogP contribution in [0.25, 0.3) is 0 Å². The number of aliphatic imine (C=N–C) groups is 2. The number of pyridine rings is 1. The van der Waals surface area contributed by atoms with Crippen molar-refractivity contribution in [1.29, 1.82) is 0 Å². The van der Waals surface area contributed by atoms with Crippen molar-refractivity contribution in [2.24, 2.45) is 9.98 Å². The summed E-state index contributed by atoms with van der Waals surface area (Å²) in [6.45, 7) is 3.95. The zero-order valence-electron chi connectivity index (χ0n) is 19.2. The van der Waals surface area contributed by atoms with Crippen molar-refractivity contribution in [3.05, 3.63) is 139 Å². The average Bonchev–Trinajstić information content (AvgIpc) is 3.62. The van der Waals surface area contributed by atoms with E-state index in [2.05, 4.69) is 15.0 Å². The van der Waals surface area contributed by atoms with Gasteiger partial charge in [0.2, 0.25) is 0 Å². The molecule has 0 saturated heterocycles. The molecule has 0 bridgehead atoms. The first kappa shape index (κ1) is 29.0. The Bertz CT molecular complexity index is 1040. The molecule has 0 N–H and O–H groups in total. The molecule has 0 amide bonds.